The first-order valence-corrected chi connectivity index (χ1v) is 6.43. The first-order chi connectivity index (χ1) is 6.76. The third-order valence-electron chi connectivity index (χ3n) is 4.68. The van der Waals surface area contributed by atoms with Gasteiger partial charge in [0, 0.05) is 6.04 Å². The van der Waals surface area contributed by atoms with E-state index in [0.29, 0.717) is 5.41 Å². The normalized spacial score (nSPS) is 29.6. The zero-order valence-electron chi connectivity index (χ0n) is 9.81. The molecule has 14 heavy (non-hydrogen) atoms. The minimum atomic E-state index is 0.615. The molecular formula is C13H25N. The molecule has 0 aromatic carbocycles. The Morgan fingerprint density at radius 3 is 2.14 bits per heavy atom. The molecule has 2 aliphatic carbocycles. The summed E-state index contributed by atoms with van der Waals surface area (Å²) >= 11 is 0. The molecule has 2 rings (SSSR count). The Hall–Kier alpha value is -0.0400. The highest BCUT2D eigenvalue weighted by Gasteiger charge is 2.40. The van der Waals surface area contributed by atoms with E-state index < -0.39 is 0 Å². The van der Waals surface area contributed by atoms with E-state index >= 15 is 0 Å². The molecule has 0 aromatic rings. The van der Waals surface area contributed by atoms with Crippen LogP contribution in [0, 0.1) is 11.3 Å². The highest BCUT2D eigenvalue weighted by molar-refractivity contribution is 4.95. The van der Waals surface area contributed by atoms with Crippen LogP contribution >= 0.6 is 0 Å². The molecule has 82 valence electrons. The van der Waals surface area contributed by atoms with Crippen molar-refractivity contribution in [1.82, 2.24) is 5.32 Å². The monoisotopic (exact) mass is 195 g/mol. The summed E-state index contributed by atoms with van der Waals surface area (Å²) in [6, 6.07) is 0.799. The fraction of sp³-hybridized carbons (Fsp3) is 1.00. The summed E-state index contributed by atoms with van der Waals surface area (Å²) in [6.45, 7) is 2.51. The van der Waals surface area contributed by atoms with E-state index in [0.717, 1.165) is 12.0 Å². The number of rotatable bonds is 3. The van der Waals surface area contributed by atoms with Crippen LogP contribution in [0.2, 0.25) is 0 Å². The molecule has 2 saturated carbocycles. The molecule has 1 N–H and O–H groups in total. The van der Waals surface area contributed by atoms with Crippen LogP contribution in [0.15, 0.2) is 0 Å². The van der Waals surface area contributed by atoms with Gasteiger partial charge in [0.2, 0.25) is 0 Å². The van der Waals surface area contributed by atoms with Gasteiger partial charge in [-0.3, -0.25) is 0 Å². The summed E-state index contributed by atoms with van der Waals surface area (Å²) < 4.78 is 0. The maximum Gasteiger partial charge on any atom is 0.0146 e. The van der Waals surface area contributed by atoms with Gasteiger partial charge >= 0.3 is 0 Å². The molecule has 0 radical (unpaired) electrons. The fourth-order valence-corrected chi connectivity index (χ4v) is 3.94. The second kappa shape index (κ2) is 4.22. The molecule has 0 saturated heterocycles. The fourth-order valence-electron chi connectivity index (χ4n) is 3.94. The van der Waals surface area contributed by atoms with Crippen LogP contribution in [0.3, 0.4) is 0 Å². The molecule has 1 nitrogen and oxygen atoms in total. The average Bonchev–Trinajstić information content (AvgIpc) is 2.78. The molecule has 0 bridgehead atoms. The molecule has 1 unspecified atom stereocenters. The first-order valence-electron chi connectivity index (χ1n) is 6.43. The van der Waals surface area contributed by atoms with Crippen molar-refractivity contribution in [2.45, 2.75) is 64.3 Å². The van der Waals surface area contributed by atoms with Gasteiger partial charge in [0.05, 0.1) is 0 Å². The van der Waals surface area contributed by atoms with Gasteiger partial charge in [0.1, 0.15) is 0 Å². The van der Waals surface area contributed by atoms with Gasteiger partial charge in [-0.2, -0.15) is 0 Å². The Bertz CT molecular complexity index is 176. The lowest BCUT2D eigenvalue weighted by Crippen LogP contribution is -2.45. The predicted octanol–water partition coefficient (Wildman–Crippen LogP) is 3.34. The smallest absolute Gasteiger partial charge is 0.0146 e. The maximum atomic E-state index is 3.63. The van der Waals surface area contributed by atoms with Crippen LogP contribution in [0.4, 0.5) is 0 Å². The molecule has 1 atom stereocenters. The van der Waals surface area contributed by atoms with E-state index in [2.05, 4.69) is 19.3 Å². The Morgan fingerprint density at radius 1 is 1.07 bits per heavy atom. The quantitative estimate of drug-likeness (QED) is 0.728. The van der Waals surface area contributed by atoms with Gasteiger partial charge in [-0.05, 0) is 44.1 Å². The topological polar surface area (TPSA) is 12.0 Å². The minimum Gasteiger partial charge on any atom is -0.316 e. The molecule has 2 aliphatic rings. The number of hydrogen-bond donors (Lipinski definition) is 1. The molecule has 0 aromatic heterocycles. The number of nitrogens with one attached hydrogen (secondary N) is 1. The van der Waals surface area contributed by atoms with Crippen LogP contribution in [0.1, 0.15) is 58.3 Å². The zero-order valence-corrected chi connectivity index (χ0v) is 9.81. The van der Waals surface area contributed by atoms with Crippen molar-refractivity contribution in [3.8, 4) is 0 Å². The Morgan fingerprint density at radius 2 is 1.64 bits per heavy atom. The summed E-state index contributed by atoms with van der Waals surface area (Å²) in [5.41, 5.74) is 0.615. The molecule has 2 fully saturated rings. The largest absolute Gasteiger partial charge is 0.316 e. The summed E-state index contributed by atoms with van der Waals surface area (Å²) in [6.07, 6.45) is 11.7. The van der Waals surface area contributed by atoms with Crippen molar-refractivity contribution in [1.29, 1.82) is 0 Å². The van der Waals surface area contributed by atoms with Gasteiger partial charge in [-0.15, -0.1) is 0 Å². The third-order valence-corrected chi connectivity index (χ3v) is 4.68. The van der Waals surface area contributed by atoms with Gasteiger partial charge < -0.3 is 5.32 Å². The summed E-state index contributed by atoms with van der Waals surface area (Å²) in [5.74, 6) is 0.975. The van der Waals surface area contributed by atoms with E-state index in [1.54, 1.807) is 0 Å². The molecule has 0 spiro atoms. The second-order valence-corrected chi connectivity index (χ2v) is 5.67. The Balaban J connectivity index is 2.03. The van der Waals surface area contributed by atoms with Crippen molar-refractivity contribution in [3.05, 3.63) is 0 Å². The third kappa shape index (κ3) is 1.84. The highest BCUT2D eigenvalue weighted by Crippen LogP contribution is 2.45. The number of hydrogen-bond acceptors (Lipinski definition) is 1. The lowest BCUT2D eigenvalue weighted by atomic mass is 9.74. The predicted molar refractivity (Wildman–Crippen MR) is 61.4 cm³/mol. The van der Waals surface area contributed by atoms with Gasteiger partial charge in [0.25, 0.3) is 0 Å². The molecule has 0 heterocycles. The van der Waals surface area contributed by atoms with E-state index in [-0.39, 0.29) is 0 Å². The van der Waals surface area contributed by atoms with Crippen LogP contribution in [-0.2, 0) is 0 Å². The van der Waals surface area contributed by atoms with E-state index in [1.165, 1.54) is 51.4 Å². The zero-order chi connectivity index (χ0) is 10.0. The van der Waals surface area contributed by atoms with Crippen LogP contribution < -0.4 is 5.32 Å². The standard InChI is InChI=1S/C13H25N/c1-13(9-5-6-10-13)12(14-2)11-7-3-4-8-11/h11-12,14H,3-10H2,1-2H3. The van der Waals surface area contributed by atoms with Gasteiger partial charge in [-0.25, -0.2) is 0 Å². The second-order valence-electron chi connectivity index (χ2n) is 5.67. The van der Waals surface area contributed by atoms with Crippen LogP contribution in [0.25, 0.3) is 0 Å². The maximum absolute atomic E-state index is 3.63. The van der Waals surface area contributed by atoms with Crippen molar-refractivity contribution < 1.29 is 0 Å². The minimum absolute atomic E-state index is 0.615. The first kappa shape index (κ1) is 10.5. The van der Waals surface area contributed by atoms with Crippen LogP contribution in [-0.4, -0.2) is 13.1 Å². The molecule has 0 aliphatic heterocycles. The van der Waals surface area contributed by atoms with Crippen molar-refractivity contribution in [3.63, 3.8) is 0 Å². The van der Waals surface area contributed by atoms with Gasteiger partial charge in [0.15, 0.2) is 0 Å². The van der Waals surface area contributed by atoms with E-state index in [4.69, 9.17) is 0 Å². The van der Waals surface area contributed by atoms with Crippen molar-refractivity contribution >= 4 is 0 Å². The van der Waals surface area contributed by atoms with Crippen molar-refractivity contribution in [2.75, 3.05) is 7.05 Å². The average molecular weight is 195 g/mol. The van der Waals surface area contributed by atoms with Gasteiger partial charge in [-0.1, -0.05) is 32.6 Å². The van der Waals surface area contributed by atoms with Crippen molar-refractivity contribution in [2.24, 2.45) is 11.3 Å². The molecular weight excluding hydrogens is 170 g/mol. The summed E-state index contributed by atoms with van der Waals surface area (Å²) in [7, 11) is 2.17. The highest BCUT2D eigenvalue weighted by atomic mass is 14.9. The van der Waals surface area contributed by atoms with E-state index in [9.17, 15) is 0 Å². The SMILES string of the molecule is CNC(C1CCCC1)C1(C)CCCC1. The van der Waals surface area contributed by atoms with E-state index in [1.807, 2.05) is 0 Å². The lowest BCUT2D eigenvalue weighted by molar-refractivity contribution is 0.168. The summed E-state index contributed by atoms with van der Waals surface area (Å²) in [5, 5.41) is 3.63. The Labute approximate surface area is 88.7 Å². The van der Waals surface area contributed by atoms with Crippen LogP contribution in [0.5, 0.6) is 0 Å². The summed E-state index contributed by atoms with van der Waals surface area (Å²) in [4.78, 5) is 0. The molecule has 1 heteroatoms. The Kier molecular flexibility index (Phi) is 3.16. The lowest BCUT2D eigenvalue weighted by Gasteiger charge is -2.38. The molecule has 0 amide bonds.